The Labute approximate surface area is 176 Å². The van der Waals surface area contributed by atoms with Crippen molar-refractivity contribution < 1.29 is 19.4 Å². The summed E-state index contributed by atoms with van der Waals surface area (Å²) in [5.74, 6) is 2.98. The van der Waals surface area contributed by atoms with Gasteiger partial charge in [0.2, 0.25) is 0 Å². The van der Waals surface area contributed by atoms with Crippen molar-refractivity contribution in [1.82, 2.24) is 4.90 Å². The van der Waals surface area contributed by atoms with Crippen LogP contribution in [0, 0.1) is 17.8 Å². The minimum absolute atomic E-state index is 0.275. The molecule has 0 aliphatic carbocycles. The van der Waals surface area contributed by atoms with Crippen molar-refractivity contribution in [3.8, 4) is 11.5 Å². The fourth-order valence-corrected chi connectivity index (χ4v) is 4.66. The van der Waals surface area contributed by atoms with Gasteiger partial charge in [0, 0.05) is 25.6 Å². The van der Waals surface area contributed by atoms with E-state index in [4.69, 9.17) is 14.6 Å². The minimum atomic E-state index is -0.713. The average molecular weight is 406 g/mol. The fraction of sp³-hybridized carbons (Fsp3) is 0.708. The molecule has 0 spiro atoms. The van der Waals surface area contributed by atoms with E-state index in [1.807, 2.05) is 13.8 Å². The zero-order valence-electron chi connectivity index (χ0n) is 19.0. The monoisotopic (exact) mass is 405 g/mol. The van der Waals surface area contributed by atoms with Crippen molar-refractivity contribution in [2.45, 2.75) is 65.8 Å². The summed E-state index contributed by atoms with van der Waals surface area (Å²) < 4.78 is 11.0. The number of hydrogen-bond donors (Lipinski definition) is 1. The molecule has 0 unspecified atom stereocenters. The number of nitrogens with zero attached hydrogens (tertiary/aromatic N) is 1. The number of rotatable bonds is 6. The number of piperidine rings is 1. The first kappa shape index (κ1) is 23.5. The maximum Gasteiger partial charge on any atom is 0.303 e. The maximum absolute atomic E-state index is 9.81. The van der Waals surface area contributed by atoms with Gasteiger partial charge in [0.1, 0.15) is 0 Å². The number of carboxylic acids is 1. The summed E-state index contributed by atoms with van der Waals surface area (Å²) in [5.41, 5.74) is 2.91. The number of methoxy groups -OCH3 is 2. The molecule has 0 amide bonds. The standard InChI is InChI=1S/C19H29NO2.C5H10O2/c1-13(2)9-14-5-6-17-16-11-19(22-4)18(21-3)10-15(16)7-8-20(17)12-14;1-4(2)3-5(6)7/h10-11,13-14,17H,5-9,12H2,1-4H3;4H,3H2,1-2H3,(H,6,7)/t14-,17-;/m1./s1. The van der Waals surface area contributed by atoms with Gasteiger partial charge in [-0.05, 0) is 66.7 Å². The highest BCUT2D eigenvalue weighted by Gasteiger charge is 2.34. The van der Waals surface area contributed by atoms with Gasteiger partial charge in [-0.3, -0.25) is 9.69 Å². The second-order valence-corrected chi connectivity index (χ2v) is 9.23. The lowest BCUT2D eigenvalue weighted by Gasteiger charge is -2.44. The molecule has 0 aromatic heterocycles. The molecule has 0 radical (unpaired) electrons. The number of carbonyl (C=O) groups is 1. The lowest BCUT2D eigenvalue weighted by atomic mass is 9.81. The molecule has 2 aliphatic rings. The van der Waals surface area contributed by atoms with Crippen LogP contribution in [0.25, 0.3) is 0 Å². The average Bonchev–Trinajstić information content (AvgIpc) is 2.65. The zero-order valence-corrected chi connectivity index (χ0v) is 19.0. The highest BCUT2D eigenvalue weighted by molar-refractivity contribution is 5.66. The molecule has 1 N–H and O–H groups in total. The van der Waals surface area contributed by atoms with Gasteiger partial charge in [-0.1, -0.05) is 27.7 Å². The van der Waals surface area contributed by atoms with E-state index in [-0.39, 0.29) is 12.3 Å². The van der Waals surface area contributed by atoms with Gasteiger partial charge in [-0.2, -0.15) is 0 Å². The molecule has 2 atom stereocenters. The van der Waals surface area contributed by atoms with Gasteiger partial charge in [0.25, 0.3) is 0 Å². The van der Waals surface area contributed by atoms with Crippen molar-refractivity contribution in [3.63, 3.8) is 0 Å². The van der Waals surface area contributed by atoms with Gasteiger partial charge < -0.3 is 14.6 Å². The summed E-state index contributed by atoms with van der Waals surface area (Å²) >= 11 is 0. The molecule has 5 nitrogen and oxygen atoms in total. The highest BCUT2D eigenvalue weighted by Crippen LogP contribution is 2.43. The third-order valence-corrected chi connectivity index (χ3v) is 5.84. The summed E-state index contributed by atoms with van der Waals surface area (Å²) in [6, 6.07) is 4.98. The Balaban J connectivity index is 0.000000370. The van der Waals surface area contributed by atoms with Crippen molar-refractivity contribution >= 4 is 5.97 Å². The molecule has 2 heterocycles. The normalized spacial score (nSPS) is 21.1. The van der Waals surface area contributed by atoms with Crippen molar-refractivity contribution in [3.05, 3.63) is 23.3 Å². The van der Waals surface area contributed by atoms with Crippen LogP contribution in [0.5, 0.6) is 11.5 Å². The number of fused-ring (bicyclic) bond motifs is 3. The molecule has 29 heavy (non-hydrogen) atoms. The number of benzene rings is 1. The maximum atomic E-state index is 9.81. The first-order chi connectivity index (χ1) is 13.7. The second-order valence-electron chi connectivity index (χ2n) is 9.23. The van der Waals surface area contributed by atoms with Gasteiger partial charge >= 0.3 is 5.97 Å². The number of carboxylic acid groups (broad SMARTS) is 1. The molecule has 1 aromatic carbocycles. The first-order valence-electron chi connectivity index (χ1n) is 11.0. The topological polar surface area (TPSA) is 59.0 Å². The number of aliphatic carboxylic acids is 1. The Morgan fingerprint density at radius 2 is 1.76 bits per heavy atom. The third-order valence-electron chi connectivity index (χ3n) is 5.84. The zero-order chi connectivity index (χ0) is 21.6. The van der Waals surface area contributed by atoms with Crippen molar-refractivity contribution in [1.29, 1.82) is 0 Å². The van der Waals surface area contributed by atoms with E-state index in [0.29, 0.717) is 6.04 Å². The fourth-order valence-electron chi connectivity index (χ4n) is 4.66. The van der Waals surface area contributed by atoms with Gasteiger partial charge in [0.05, 0.1) is 14.2 Å². The van der Waals surface area contributed by atoms with Crippen LogP contribution in [0.15, 0.2) is 12.1 Å². The molecule has 5 heteroatoms. The van der Waals surface area contributed by atoms with E-state index >= 15 is 0 Å². The quantitative estimate of drug-likeness (QED) is 0.707. The van der Waals surface area contributed by atoms with E-state index < -0.39 is 5.97 Å². The molecule has 1 aromatic rings. The van der Waals surface area contributed by atoms with Crippen LogP contribution in [-0.4, -0.2) is 43.3 Å². The Hall–Kier alpha value is -1.75. The van der Waals surface area contributed by atoms with E-state index in [1.54, 1.807) is 14.2 Å². The van der Waals surface area contributed by atoms with E-state index in [2.05, 4.69) is 30.9 Å². The molecule has 164 valence electrons. The lowest BCUT2D eigenvalue weighted by molar-refractivity contribution is -0.137. The molecule has 0 saturated carbocycles. The Bertz CT molecular complexity index is 671. The largest absolute Gasteiger partial charge is 0.493 e. The van der Waals surface area contributed by atoms with Crippen LogP contribution in [0.3, 0.4) is 0 Å². The van der Waals surface area contributed by atoms with Crippen molar-refractivity contribution in [2.24, 2.45) is 17.8 Å². The molecule has 2 aliphatic heterocycles. The number of ether oxygens (including phenoxy) is 2. The van der Waals surface area contributed by atoms with Gasteiger partial charge in [0.15, 0.2) is 11.5 Å². The van der Waals surface area contributed by atoms with Crippen LogP contribution in [0.1, 0.15) is 70.5 Å². The third kappa shape index (κ3) is 6.63. The summed E-state index contributed by atoms with van der Waals surface area (Å²) in [4.78, 5) is 12.5. The lowest BCUT2D eigenvalue weighted by Crippen LogP contribution is -2.42. The smallest absolute Gasteiger partial charge is 0.303 e. The molecule has 3 rings (SSSR count). The van der Waals surface area contributed by atoms with Crippen LogP contribution < -0.4 is 9.47 Å². The van der Waals surface area contributed by atoms with Crippen molar-refractivity contribution in [2.75, 3.05) is 27.3 Å². The predicted molar refractivity (Wildman–Crippen MR) is 117 cm³/mol. The summed E-state index contributed by atoms with van der Waals surface area (Å²) in [6.45, 7) is 10.9. The van der Waals surface area contributed by atoms with E-state index in [9.17, 15) is 4.79 Å². The molecular weight excluding hydrogens is 366 g/mol. The minimum Gasteiger partial charge on any atom is -0.493 e. The predicted octanol–water partition coefficient (Wildman–Crippen LogP) is 5.18. The molecular formula is C24H39NO4. The van der Waals surface area contributed by atoms with Crippen LogP contribution in [-0.2, 0) is 11.2 Å². The molecule has 1 fully saturated rings. The molecule has 0 bridgehead atoms. The van der Waals surface area contributed by atoms with Crippen LogP contribution in [0.4, 0.5) is 0 Å². The molecule has 1 saturated heterocycles. The second kappa shape index (κ2) is 10.9. The van der Waals surface area contributed by atoms with Crippen LogP contribution >= 0.6 is 0 Å². The summed E-state index contributed by atoms with van der Waals surface area (Å²) in [6.07, 6.45) is 5.40. The van der Waals surface area contributed by atoms with Gasteiger partial charge in [-0.25, -0.2) is 0 Å². The van der Waals surface area contributed by atoms with E-state index in [1.165, 1.54) is 43.5 Å². The van der Waals surface area contributed by atoms with Crippen LogP contribution in [0.2, 0.25) is 0 Å². The van der Waals surface area contributed by atoms with E-state index in [0.717, 1.165) is 29.8 Å². The Morgan fingerprint density at radius 1 is 1.10 bits per heavy atom. The summed E-state index contributed by atoms with van der Waals surface area (Å²) in [7, 11) is 3.45. The summed E-state index contributed by atoms with van der Waals surface area (Å²) in [5, 5.41) is 8.08. The highest BCUT2D eigenvalue weighted by atomic mass is 16.5. The first-order valence-corrected chi connectivity index (χ1v) is 11.0. The number of hydrogen-bond acceptors (Lipinski definition) is 4. The Morgan fingerprint density at radius 3 is 2.28 bits per heavy atom. The SMILES string of the molecule is CC(C)CC(=O)O.COc1cc2c(cc1OC)[C@H]1CC[C@H](CC(C)C)CN1CC2. The Kier molecular flexibility index (Phi) is 8.81. The van der Waals surface area contributed by atoms with Gasteiger partial charge in [-0.15, -0.1) is 0 Å².